The molecule has 2 N–H and O–H groups in total. The maximum Gasteiger partial charge on any atom is 0.269 e. The minimum atomic E-state index is -0.312. The second kappa shape index (κ2) is 8.64. The molecule has 0 spiro atoms. The quantitative estimate of drug-likeness (QED) is 0.454. The van der Waals surface area contributed by atoms with Gasteiger partial charge in [0.25, 0.3) is 5.91 Å². The number of ether oxygens (including phenoxy) is 1. The fourth-order valence-electron chi connectivity index (χ4n) is 2.52. The average molecular weight is 409 g/mol. The lowest BCUT2D eigenvalue weighted by Gasteiger charge is -2.18. The highest BCUT2D eigenvalue weighted by atomic mass is 16.5. The van der Waals surface area contributed by atoms with E-state index in [1.165, 1.54) is 24.3 Å². The smallest absolute Gasteiger partial charge is 0.269 e. The van der Waals surface area contributed by atoms with Crippen molar-refractivity contribution < 1.29 is 18.8 Å². The standard InChI is InChI=1S/C21H23N5O4/c1-21(2,3)18-12-19(25-30-18)24-26(13-27)14-6-5-7-15(10-14)29-16-8-9-23-17(11-16)20(28)22-4/h5-13H,1-4H3,(H,22,28)(H,24,25). The molecular weight excluding hydrogens is 386 g/mol. The van der Waals surface area contributed by atoms with E-state index < -0.39 is 0 Å². The highest BCUT2D eigenvalue weighted by Gasteiger charge is 2.20. The van der Waals surface area contributed by atoms with Gasteiger partial charge in [0.1, 0.15) is 23.0 Å². The minimum Gasteiger partial charge on any atom is -0.457 e. The Labute approximate surface area is 174 Å². The topological polar surface area (TPSA) is 110 Å². The number of hydrogen-bond acceptors (Lipinski definition) is 7. The molecule has 30 heavy (non-hydrogen) atoms. The second-order valence-electron chi connectivity index (χ2n) is 7.47. The molecular formula is C21H23N5O4. The summed E-state index contributed by atoms with van der Waals surface area (Å²) in [4.78, 5) is 27.4. The lowest BCUT2D eigenvalue weighted by Crippen LogP contribution is -2.28. The SMILES string of the molecule is CNC(=O)c1cc(Oc2cccc(N(C=O)Nc3cc(C(C)(C)C)on3)c2)ccn1. The van der Waals surface area contributed by atoms with E-state index in [-0.39, 0.29) is 17.0 Å². The van der Waals surface area contributed by atoms with Gasteiger partial charge in [-0.1, -0.05) is 32.0 Å². The molecule has 0 bridgehead atoms. The summed E-state index contributed by atoms with van der Waals surface area (Å²) in [5, 5.41) is 7.73. The highest BCUT2D eigenvalue weighted by molar-refractivity contribution is 5.92. The lowest BCUT2D eigenvalue weighted by molar-refractivity contribution is -0.107. The van der Waals surface area contributed by atoms with E-state index in [0.29, 0.717) is 35.2 Å². The van der Waals surface area contributed by atoms with Gasteiger partial charge < -0.3 is 14.6 Å². The number of benzene rings is 1. The number of hydrazine groups is 1. The van der Waals surface area contributed by atoms with E-state index >= 15 is 0 Å². The van der Waals surface area contributed by atoms with Gasteiger partial charge in [-0.2, -0.15) is 0 Å². The zero-order valence-electron chi connectivity index (χ0n) is 17.2. The lowest BCUT2D eigenvalue weighted by atomic mass is 9.93. The molecule has 0 saturated carbocycles. The van der Waals surface area contributed by atoms with Crippen LogP contribution in [0.3, 0.4) is 0 Å². The molecule has 3 rings (SSSR count). The summed E-state index contributed by atoms with van der Waals surface area (Å²) in [6.45, 7) is 6.01. The predicted molar refractivity (Wildman–Crippen MR) is 112 cm³/mol. The van der Waals surface area contributed by atoms with Gasteiger partial charge in [0.05, 0.1) is 5.69 Å². The van der Waals surface area contributed by atoms with Gasteiger partial charge in [-0.15, -0.1) is 0 Å². The molecule has 0 aliphatic heterocycles. The van der Waals surface area contributed by atoms with E-state index in [2.05, 4.69) is 20.9 Å². The van der Waals surface area contributed by atoms with Gasteiger partial charge in [-0.05, 0) is 18.2 Å². The van der Waals surface area contributed by atoms with Gasteiger partial charge >= 0.3 is 0 Å². The minimum absolute atomic E-state index is 0.204. The Balaban J connectivity index is 1.77. The van der Waals surface area contributed by atoms with Crippen molar-refractivity contribution in [2.45, 2.75) is 26.2 Å². The van der Waals surface area contributed by atoms with Crippen molar-refractivity contribution in [3.63, 3.8) is 0 Å². The third kappa shape index (κ3) is 4.93. The van der Waals surface area contributed by atoms with Crippen LogP contribution >= 0.6 is 0 Å². The van der Waals surface area contributed by atoms with Gasteiger partial charge in [0.15, 0.2) is 5.82 Å². The Morgan fingerprint density at radius 2 is 1.93 bits per heavy atom. The van der Waals surface area contributed by atoms with E-state index in [1.807, 2.05) is 20.8 Å². The first kappa shape index (κ1) is 20.8. The number of nitrogens with one attached hydrogen (secondary N) is 2. The number of anilines is 2. The van der Waals surface area contributed by atoms with Crippen molar-refractivity contribution >= 4 is 23.8 Å². The largest absolute Gasteiger partial charge is 0.457 e. The summed E-state index contributed by atoms with van der Waals surface area (Å²) >= 11 is 0. The zero-order chi connectivity index (χ0) is 21.7. The van der Waals surface area contributed by atoms with E-state index in [1.54, 1.807) is 36.4 Å². The van der Waals surface area contributed by atoms with Gasteiger partial charge in [0.2, 0.25) is 6.41 Å². The van der Waals surface area contributed by atoms with Crippen LogP contribution in [0.1, 0.15) is 37.0 Å². The van der Waals surface area contributed by atoms with Crippen molar-refractivity contribution in [2.75, 3.05) is 17.5 Å². The Morgan fingerprint density at radius 1 is 1.17 bits per heavy atom. The number of rotatable bonds is 7. The molecule has 9 heteroatoms. The number of carbonyl (C=O) groups excluding carboxylic acids is 2. The van der Waals surface area contributed by atoms with Crippen LogP contribution in [-0.4, -0.2) is 29.5 Å². The first-order valence-electron chi connectivity index (χ1n) is 9.24. The van der Waals surface area contributed by atoms with Gasteiger partial charge in [0, 0.05) is 36.9 Å². The van der Waals surface area contributed by atoms with Crippen LogP contribution in [0.15, 0.2) is 53.2 Å². The Morgan fingerprint density at radius 3 is 2.60 bits per heavy atom. The first-order valence-corrected chi connectivity index (χ1v) is 9.24. The molecule has 2 amide bonds. The van der Waals surface area contributed by atoms with Crippen LogP contribution in [0.25, 0.3) is 0 Å². The molecule has 156 valence electrons. The molecule has 3 aromatic rings. The van der Waals surface area contributed by atoms with Crippen molar-refractivity contribution in [3.05, 3.63) is 60.1 Å². The molecule has 0 saturated heterocycles. The first-order chi connectivity index (χ1) is 14.3. The van der Waals surface area contributed by atoms with Crippen molar-refractivity contribution in [3.8, 4) is 11.5 Å². The van der Waals surface area contributed by atoms with E-state index in [9.17, 15) is 9.59 Å². The summed E-state index contributed by atoms with van der Waals surface area (Å²) in [7, 11) is 1.53. The predicted octanol–water partition coefficient (Wildman–Crippen LogP) is 3.51. The molecule has 0 atom stereocenters. The summed E-state index contributed by atoms with van der Waals surface area (Å²) < 4.78 is 11.2. The van der Waals surface area contributed by atoms with Crippen LogP contribution in [-0.2, 0) is 10.2 Å². The third-order valence-corrected chi connectivity index (χ3v) is 4.11. The maximum atomic E-state index is 11.7. The van der Waals surface area contributed by atoms with Crippen LogP contribution < -0.4 is 20.5 Å². The third-order valence-electron chi connectivity index (χ3n) is 4.11. The van der Waals surface area contributed by atoms with Crippen LogP contribution in [0.4, 0.5) is 11.5 Å². The molecule has 0 fully saturated rings. The van der Waals surface area contributed by atoms with E-state index in [4.69, 9.17) is 9.26 Å². The number of nitrogens with zero attached hydrogens (tertiary/aromatic N) is 3. The fraction of sp³-hybridized carbons (Fsp3) is 0.238. The van der Waals surface area contributed by atoms with Crippen molar-refractivity contribution in [1.82, 2.24) is 15.5 Å². The molecule has 0 aliphatic carbocycles. The monoisotopic (exact) mass is 409 g/mol. The summed E-state index contributed by atoms with van der Waals surface area (Å²) in [5.74, 6) is 1.71. The number of amides is 2. The Kier molecular flexibility index (Phi) is 6.01. The zero-order valence-corrected chi connectivity index (χ0v) is 17.2. The van der Waals surface area contributed by atoms with Gasteiger partial charge in [-0.3, -0.25) is 20.0 Å². The van der Waals surface area contributed by atoms with Gasteiger partial charge in [-0.25, -0.2) is 5.01 Å². The number of aromatic nitrogens is 2. The van der Waals surface area contributed by atoms with Crippen molar-refractivity contribution in [1.29, 1.82) is 0 Å². The Bertz CT molecular complexity index is 1040. The fourth-order valence-corrected chi connectivity index (χ4v) is 2.52. The summed E-state index contributed by atoms with van der Waals surface area (Å²) in [6, 6.07) is 11.8. The highest BCUT2D eigenvalue weighted by Crippen LogP contribution is 2.28. The normalized spacial score (nSPS) is 10.9. The van der Waals surface area contributed by atoms with E-state index in [0.717, 1.165) is 0 Å². The maximum absolute atomic E-state index is 11.7. The number of hydrogen-bond donors (Lipinski definition) is 2. The molecule has 2 heterocycles. The molecule has 9 nitrogen and oxygen atoms in total. The number of pyridine rings is 1. The average Bonchev–Trinajstić information content (AvgIpc) is 3.21. The summed E-state index contributed by atoms with van der Waals surface area (Å²) in [6.07, 6.45) is 2.11. The molecule has 1 aromatic carbocycles. The van der Waals surface area contributed by atoms with Crippen LogP contribution in [0.5, 0.6) is 11.5 Å². The van der Waals surface area contributed by atoms with Crippen LogP contribution in [0.2, 0.25) is 0 Å². The molecule has 0 unspecified atom stereocenters. The second-order valence-corrected chi connectivity index (χ2v) is 7.47. The Hall–Kier alpha value is -3.88. The molecule has 2 aromatic heterocycles. The molecule has 0 aliphatic rings. The number of carbonyl (C=O) groups is 2. The molecule has 0 radical (unpaired) electrons. The van der Waals surface area contributed by atoms with Crippen LogP contribution in [0, 0.1) is 0 Å². The summed E-state index contributed by atoms with van der Waals surface area (Å²) in [5.41, 5.74) is 3.47. The van der Waals surface area contributed by atoms with Crippen molar-refractivity contribution in [2.24, 2.45) is 0 Å².